The molecule has 0 aliphatic carbocycles. The lowest BCUT2D eigenvalue weighted by atomic mass is 10.0. The van der Waals surface area contributed by atoms with Crippen LogP contribution in [0.2, 0.25) is 0 Å². The van der Waals surface area contributed by atoms with Gasteiger partial charge in [-0.05, 0) is 62.0 Å². The van der Waals surface area contributed by atoms with Crippen LogP contribution in [-0.2, 0) is 0 Å². The highest BCUT2D eigenvalue weighted by atomic mass is 32.1. The summed E-state index contributed by atoms with van der Waals surface area (Å²) >= 11 is 1.67. The number of nitrogens with zero attached hydrogens (tertiary/aromatic N) is 6. The van der Waals surface area contributed by atoms with Crippen LogP contribution in [0.5, 0.6) is 0 Å². The van der Waals surface area contributed by atoms with E-state index in [1.165, 1.54) is 5.70 Å². The smallest absolute Gasteiger partial charge is 0.185 e. The van der Waals surface area contributed by atoms with Crippen LogP contribution in [0.1, 0.15) is 56.7 Å². The highest BCUT2D eigenvalue weighted by molar-refractivity contribution is 7.10. The van der Waals surface area contributed by atoms with Gasteiger partial charge in [0.15, 0.2) is 5.96 Å². The Hall–Kier alpha value is -4.11. The maximum absolute atomic E-state index is 5.42. The molecule has 42 heavy (non-hydrogen) atoms. The number of hydrogen-bond donors (Lipinski definition) is 2. The number of hydrogen-bond acceptors (Lipinski definition) is 7. The Morgan fingerprint density at radius 1 is 1.12 bits per heavy atom. The van der Waals surface area contributed by atoms with Gasteiger partial charge in [-0.25, -0.2) is 9.98 Å². The fraction of sp³-hybridized carbons (Fsp3) is 0.364. The van der Waals surface area contributed by atoms with E-state index in [4.69, 9.17) is 21.4 Å². The molecule has 9 heteroatoms. The van der Waals surface area contributed by atoms with Gasteiger partial charge in [0.1, 0.15) is 16.7 Å². The number of guanidine groups is 1. The van der Waals surface area contributed by atoms with Crippen molar-refractivity contribution in [3.63, 3.8) is 0 Å². The van der Waals surface area contributed by atoms with Gasteiger partial charge < -0.3 is 26.2 Å². The second-order valence-electron chi connectivity index (χ2n) is 11.1. The average molecular weight is 585 g/mol. The maximum atomic E-state index is 5.42. The summed E-state index contributed by atoms with van der Waals surface area (Å²) in [6.07, 6.45) is 17.4. The van der Waals surface area contributed by atoms with E-state index in [0.717, 1.165) is 90.2 Å². The molecule has 4 rings (SSSR count). The lowest BCUT2D eigenvalue weighted by Crippen LogP contribution is -2.46. The number of aliphatic imine (C=N–C) groups is 2. The molecule has 1 fully saturated rings. The SMILES string of the molecule is C=C(C)/C=C/C1=C(N2CCN(C(=C)CCCCN=C(N)N)CC2)N=C2C=C(/C=C/c3nc(C(C)C)cs3)C=CN2C1=C. The first-order valence-electron chi connectivity index (χ1n) is 14.5. The van der Waals surface area contributed by atoms with Gasteiger partial charge in [0.2, 0.25) is 0 Å². The fourth-order valence-electron chi connectivity index (χ4n) is 4.84. The lowest BCUT2D eigenvalue weighted by Gasteiger charge is -2.41. The highest BCUT2D eigenvalue weighted by Crippen LogP contribution is 2.32. The van der Waals surface area contributed by atoms with Gasteiger partial charge in [0, 0.05) is 55.6 Å². The summed E-state index contributed by atoms with van der Waals surface area (Å²) in [4.78, 5) is 20.8. The Morgan fingerprint density at radius 3 is 2.55 bits per heavy atom. The van der Waals surface area contributed by atoms with Crippen LogP contribution in [0.15, 0.2) is 106 Å². The fourth-order valence-corrected chi connectivity index (χ4v) is 5.71. The van der Waals surface area contributed by atoms with Crippen molar-refractivity contribution in [2.24, 2.45) is 21.5 Å². The van der Waals surface area contributed by atoms with E-state index in [9.17, 15) is 0 Å². The molecule has 0 unspecified atom stereocenters. The minimum absolute atomic E-state index is 0.150. The van der Waals surface area contributed by atoms with Crippen molar-refractivity contribution in [2.45, 2.75) is 46.0 Å². The van der Waals surface area contributed by atoms with Gasteiger partial charge in [0.25, 0.3) is 0 Å². The third kappa shape index (κ3) is 8.00. The Morgan fingerprint density at radius 2 is 1.88 bits per heavy atom. The number of rotatable bonds is 12. The van der Waals surface area contributed by atoms with Crippen molar-refractivity contribution in [1.82, 2.24) is 19.7 Å². The first-order chi connectivity index (χ1) is 20.1. The summed E-state index contributed by atoms with van der Waals surface area (Å²) in [5.41, 5.74) is 17.1. The standard InChI is InChI=1S/C33H44N8S/c1-23(2)10-12-28-26(6)41-16-14-27(11-13-31-37-29(22-42-31)24(3)4)21-30(41)38-32(28)40-19-17-39(18-20-40)25(5)9-7-8-15-36-33(34)35/h10-14,16,21-22,24H,1,5-9,15,17-20H2,2-4H3,(H4,34,35,36)/b12-10+,13-11+. The van der Waals surface area contributed by atoms with Crippen molar-refractivity contribution in [3.05, 3.63) is 106 Å². The van der Waals surface area contributed by atoms with Crippen molar-refractivity contribution in [2.75, 3.05) is 32.7 Å². The van der Waals surface area contributed by atoms with Crippen LogP contribution >= 0.6 is 11.3 Å². The third-order valence-electron chi connectivity index (χ3n) is 7.30. The molecule has 0 aromatic carbocycles. The quantitative estimate of drug-likeness (QED) is 0.138. The van der Waals surface area contributed by atoms with Crippen LogP contribution in [-0.4, -0.2) is 64.2 Å². The monoisotopic (exact) mass is 584 g/mol. The van der Waals surface area contributed by atoms with E-state index in [-0.39, 0.29) is 5.96 Å². The average Bonchev–Trinajstić information content (AvgIpc) is 3.44. The zero-order valence-corrected chi connectivity index (χ0v) is 26.0. The highest BCUT2D eigenvalue weighted by Gasteiger charge is 2.29. The summed E-state index contributed by atoms with van der Waals surface area (Å²) in [5.74, 6) is 2.38. The van der Waals surface area contributed by atoms with Gasteiger partial charge >= 0.3 is 0 Å². The summed E-state index contributed by atoms with van der Waals surface area (Å²) in [5, 5.41) is 3.14. The molecule has 1 aromatic heterocycles. The van der Waals surface area contributed by atoms with Crippen molar-refractivity contribution >= 4 is 29.2 Å². The second-order valence-corrected chi connectivity index (χ2v) is 12.0. The van der Waals surface area contributed by atoms with Crippen molar-refractivity contribution in [1.29, 1.82) is 0 Å². The lowest BCUT2D eigenvalue weighted by molar-refractivity contribution is 0.185. The molecule has 8 nitrogen and oxygen atoms in total. The molecular formula is C33H44N8S. The predicted octanol–water partition coefficient (Wildman–Crippen LogP) is 5.88. The molecule has 4 heterocycles. The van der Waals surface area contributed by atoms with E-state index in [2.05, 4.69) is 89.0 Å². The molecule has 4 N–H and O–H groups in total. The van der Waals surface area contributed by atoms with E-state index < -0.39 is 0 Å². The Bertz CT molecular complexity index is 1400. The van der Waals surface area contributed by atoms with E-state index in [1.807, 2.05) is 19.2 Å². The minimum atomic E-state index is 0.150. The zero-order chi connectivity index (χ0) is 30.2. The molecule has 1 aromatic rings. The number of thiazole rings is 1. The third-order valence-corrected chi connectivity index (χ3v) is 8.13. The van der Waals surface area contributed by atoms with Crippen LogP contribution in [0.4, 0.5) is 0 Å². The number of aromatic nitrogens is 1. The largest absolute Gasteiger partial charge is 0.372 e. The predicted molar refractivity (Wildman–Crippen MR) is 179 cm³/mol. The van der Waals surface area contributed by atoms with Crippen LogP contribution in [0.3, 0.4) is 0 Å². The van der Waals surface area contributed by atoms with Gasteiger partial charge in [0.05, 0.1) is 11.4 Å². The number of allylic oxidation sites excluding steroid dienone is 7. The molecule has 0 radical (unpaired) electrons. The number of amidine groups is 1. The van der Waals surface area contributed by atoms with E-state index in [0.29, 0.717) is 12.5 Å². The van der Waals surface area contributed by atoms with Gasteiger partial charge in [-0.1, -0.05) is 51.3 Å². The molecule has 0 atom stereocenters. The summed E-state index contributed by atoms with van der Waals surface area (Å²) < 4.78 is 0. The molecule has 3 aliphatic heterocycles. The Kier molecular flexibility index (Phi) is 10.4. The molecule has 1 saturated heterocycles. The van der Waals surface area contributed by atoms with Gasteiger partial charge in [-0.2, -0.15) is 0 Å². The molecule has 0 saturated carbocycles. The maximum Gasteiger partial charge on any atom is 0.185 e. The number of fused-ring (bicyclic) bond motifs is 1. The number of nitrogens with two attached hydrogens (primary N) is 2. The van der Waals surface area contributed by atoms with Gasteiger partial charge in [-0.15, -0.1) is 11.3 Å². The van der Waals surface area contributed by atoms with Crippen molar-refractivity contribution < 1.29 is 0 Å². The molecule has 3 aliphatic rings. The van der Waals surface area contributed by atoms with Crippen molar-refractivity contribution in [3.8, 4) is 0 Å². The van der Waals surface area contributed by atoms with Gasteiger partial charge in [-0.3, -0.25) is 4.99 Å². The Labute approximate surface area is 254 Å². The molecule has 0 bridgehead atoms. The van der Waals surface area contributed by atoms with E-state index >= 15 is 0 Å². The zero-order valence-electron chi connectivity index (χ0n) is 25.2. The minimum Gasteiger partial charge on any atom is -0.372 e. The summed E-state index contributed by atoms with van der Waals surface area (Å²) in [6, 6.07) is 0. The topological polar surface area (TPSA) is 99.4 Å². The molecular weight excluding hydrogens is 540 g/mol. The summed E-state index contributed by atoms with van der Waals surface area (Å²) in [7, 11) is 0. The number of piperazine rings is 1. The normalized spacial score (nSPS) is 17.3. The number of unbranched alkanes of at least 4 members (excludes halogenated alkanes) is 1. The molecule has 222 valence electrons. The van der Waals surface area contributed by atoms with Crippen LogP contribution in [0, 0.1) is 0 Å². The summed E-state index contributed by atoms with van der Waals surface area (Å²) in [6.45, 7) is 23.3. The molecule has 0 spiro atoms. The Balaban J connectivity index is 1.49. The molecule has 0 amide bonds. The first kappa shape index (κ1) is 30.8. The first-order valence-corrected chi connectivity index (χ1v) is 15.4. The van der Waals surface area contributed by atoms with E-state index in [1.54, 1.807) is 11.3 Å². The second kappa shape index (κ2) is 14.2. The van der Waals surface area contributed by atoms with Crippen LogP contribution in [0.25, 0.3) is 6.08 Å². The van der Waals surface area contributed by atoms with Crippen LogP contribution < -0.4 is 11.5 Å².